The van der Waals surface area contributed by atoms with E-state index in [0.717, 1.165) is 16.9 Å². The highest BCUT2D eigenvalue weighted by atomic mass is 32.2. The normalized spacial score (nSPS) is 13.6. The summed E-state index contributed by atoms with van der Waals surface area (Å²) in [4.78, 5) is 14.0. The summed E-state index contributed by atoms with van der Waals surface area (Å²) in [6, 6.07) is 18.9. The molecule has 0 aliphatic carbocycles. The molecule has 30 heavy (non-hydrogen) atoms. The fourth-order valence-electron chi connectivity index (χ4n) is 3.30. The summed E-state index contributed by atoms with van der Waals surface area (Å²) in [7, 11) is -3.11. The molecule has 0 fully saturated rings. The first-order valence-electron chi connectivity index (χ1n) is 9.97. The van der Waals surface area contributed by atoms with Crippen LogP contribution in [-0.2, 0) is 15.6 Å². The van der Waals surface area contributed by atoms with Crippen LogP contribution < -0.4 is 5.32 Å². The van der Waals surface area contributed by atoms with Gasteiger partial charge in [0.2, 0.25) is 0 Å². The summed E-state index contributed by atoms with van der Waals surface area (Å²) in [5, 5.41) is 5.14. The lowest BCUT2D eigenvalue weighted by molar-refractivity contribution is 0.0943. The van der Waals surface area contributed by atoms with Crippen molar-refractivity contribution in [1.82, 2.24) is 5.32 Å². The molecule has 1 heterocycles. The maximum Gasteiger partial charge on any atom is 0.252 e. The van der Waals surface area contributed by atoms with Gasteiger partial charge < -0.3 is 5.32 Å². The van der Waals surface area contributed by atoms with Crippen LogP contribution in [-0.4, -0.2) is 20.6 Å². The van der Waals surface area contributed by atoms with E-state index in [0.29, 0.717) is 17.0 Å². The van der Waals surface area contributed by atoms with Crippen molar-refractivity contribution in [3.63, 3.8) is 0 Å². The number of thiophene rings is 1. The molecular formula is C24H27NO3S2. The second-order valence-electron chi connectivity index (χ2n) is 7.66. The molecule has 3 rings (SSSR count). The highest BCUT2D eigenvalue weighted by Gasteiger charge is 2.19. The van der Waals surface area contributed by atoms with Gasteiger partial charge >= 0.3 is 0 Å². The van der Waals surface area contributed by atoms with Crippen LogP contribution in [0.25, 0.3) is 0 Å². The Labute approximate surface area is 182 Å². The second-order valence-corrected chi connectivity index (χ2v) is 10.8. The topological polar surface area (TPSA) is 63.2 Å². The molecule has 158 valence electrons. The Kier molecular flexibility index (Phi) is 7.10. The SMILES string of the molecule is CCC(C)c1ccc(C(NC(=O)c2ccc(CS(C)(=O)=O)cc2)c2cccs2)cc1. The van der Waals surface area contributed by atoms with E-state index in [9.17, 15) is 13.2 Å². The highest BCUT2D eigenvalue weighted by molar-refractivity contribution is 7.89. The summed E-state index contributed by atoms with van der Waals surface area (Å²) in [6.07, 6.45) is 2.28. The summed E-state index contributed by atoms with van der Waals surface area (Å²) >= 11 is 1.61. The van der Waals surface area contributed by atoms with Crippen molar-refractivity contribution >= 4 is 27.1 Å². The summed E-state index contributed by atoms with van der Waals surface area (Å²) < 4.78 is 22.9. The largest absolute Gasteiger partial charge is 0.340 e. The van der Waals surface area contributed by atoms with Crippen LogP contribution in [0.5, 0.6) is 0 Å². The minimum absolute atomic E-state index is 0.0325. The van der Waals surface area contributed by atoms with E-state index in [-0.39, 0.29) is 17.7 Å². The second kappa shape index (κ2) is 9.58. The molecule has 0 aliphatic rings. The van der Waals surface area contributed by atoms with E-state index in [2.05, 4.69) is 43.4 Å². The van der Waals surface area contributed by atoms with Gasteiger partial charge in [-0.05, 0) is 52.6 Å². The molecule has 0 saturated carbocycles. The van der Waals surface area contributed by atoms with Crippen LogP contribution in [0.1, 0.15) is 64.2 Å². The smallest absolute Gasteiger partial charge is 0.252 e. The Balaban J connectivity index is 1.81. The van der Waals surface area contributed by atoms with Gasteiger partial charge in [0.15, 0.2) is 9.84 Å². The maximum absolute atomic E-state index is 12.9. The molecule has 1 N–H and O–H groups in total. The van der Waals surface area contributed by atoms with Gasteiger partial charge in [0, 0.05) is 16.7 Å². The number of benzene rings is 2. The van der Waals surface area contributed by atoms with Crippen LogP contribution in [0, 0.1) is 0 Å². The van der Waals surface area contributed by atoms with Crippen molar-refractivity contribution in [1.29, 1.82) is 0 Å². The predicted molar refractivity (Wildman–Crippen MR) is 124 cm³/mol. The standard InChI is InChI=1S/C24H27NO3S2/c1-4-17(2)19-11-13-20(14-12-19)23(22-6-5-15-29-22)25-24(26)21-9-7-18(8-10-21)16-30(3,27)28/h5-15,17,23H,4,16H2,1-3H3,(H,25,26). The molecule has 1 amide bonds. The molecule has 2 unspecified atom stereocenters. The summed E-state index contributed by atoms with van der Waals surface area (Å²) in [5.74, 6) is 0.277. The van der Waals surface area contributed by atoms with Gasteiger partial charge in [-0.2, -0.15) is 0 Å². The number of amides is 1. The average Bonchev–Trinajstić information content (AvgIpc) is 3.25. The van der Waals surface area contributed by atoms with Gasteiger partial charge in [-0.1, -0.05) is 56.3 Å². The molecule has 0 bridgehead atoms. The number of carbonyl (C=O) groups excluding carboxylic acids is 1. The third kappa shape index (κ3) is 5.80. The van der Waals surface area contributed by atoms with Gasteiger partial charge in [0.05, 0.1) is 11.8 Å². The van der Waals surface area contributed by atoms with Crippen molar-refractivity contribution in [3.8, 4) is 0 Å². The van der Waals surface area contributed by atoms with Crippen LogP contribution in [0.3, 0.4) is 0 Å². The monoisotopic (exact) mass is 441 g/mol. The third-order valence-electron chi connectivity index (χ3n) is 5.20. The van der Waals surface area contributed by atoms with Crippen LogP contribution in [0.2, 0.25) is 0 Å². The van der Waals surface area contributed by atoms with Gasteiger partial charge in [0.25, 0.3) is 5.91 Å². The fourth-order valence-corrected chi connectivity index (χ4v) is 4.90. The lowest BCUT2D eigenvalue weighted by atomic mass is 9.95. The molecule has 2 atom stereocenters. The van der Waals surface area contributed by atoms with Gasteiger partial charge in [0.1, 0.15) is 0 Å². The van der Waals surface area contributed by atoms with Crippen LogP contribution in [0.15, 0.2) is 66.0 Å². The number of nitrogens with one attached hydrogen (secondary N) is 1. The molecule has 0 saturated heterocycles. The molecule has 0 spiro atoms. The average molecular weight is 442 g/mol. The number of rotatable bonds is 8. The first kappa shape index (κ1) is 22.2. The fraction of sp³-hybridized carbons (Fsp3) is 0.292. The van der Waals surface area contributed by atoms with E-state index in [1.54, 1.807) is 35.6 Å². The van der Waals surface area contributed by atoms with Crippen molar-refractivity contribution in [2.75, 3.05) is 6.26 Å². The zero-order valence-electron chi connectivity index (χ0n) is 17.5. The zero-order valence-corrected chi connectivity index (χ0v) is 19.1. The van der Waals surface area contributed by atoms with Gasteiger partial charge in [-0.15, -0.1) is 11.3 Å². The first-order chi connectivity index (χ1) is 14.3. The Hall–Kier alpha value is -2.44. The minimum atomic E-state index is -3.11. The lowest BCUT2D eigenvalue weighted by Crippen LogP contribution is -2.28. The van der Waals surface area contributed by atoms with Crippen molar-refractivity contribution in [2.45, 2.75) is 38.0 Å². The van der Waals surface area contributed by atoms with E-state index in [1.165, 1.54) is 11.8 Å². The lowest BCUT2D eigenvalue weighted by Gasteiger charge is -2.19. The Morgan fingerprint density at radius 3 is 2.17 bits per heavy atom. The molecule has 4 nitrogen and oxygen atoms in total. The summed E-state index contributed by atoms with van der Waals surface area (Å²) in [5.41, 5.74) is 3.50. The number of carbonyl (C=O) groups is 1. The molecule has 2 aromatic carbocycles. The Bertz CT molecular complexity index is 1070. The predicted octanol–water partition coefficient (Wildman–Crippen LogP) is 5.33. The van der Waals surface area contributed by atoms with E-state index in [1.807, 2.05) is 17.5 Å². The van der Waals surface area contributed by atoms with E-state index >= 15 is 0 Å². The van der Waals surface area contributed by atoms with Crippen LogP contribution in [0.4, 0.5) is 0 Å². The third-order valence-corrected chi connectivity index (χ3v) is 6.99. The molecule has 3 aromatic rings. The molecule has 0 aliphatic heterocycles. The number of hydrogen-bond acceptors (Lipinski definition) is 4. The Morgan fingerprint density at radius 1 is 1.00 bits per heavy atom. The minimum Gasteiger partial charge on any atom is -0.340 e. The van der Waals surface area contributed by atoms with Crippen LogP contribution >= 0.6 is 11.3 Å². The molecule has 0 radical (unpaired) electrons. The summed E-state index contributed by atoms with van der Waals surface area (Å²) in [6.45, 7) is 4.38. The molecule has 6 heteroatoms. The van der Waals surface area contributed by atoms with Crippen molar-refractivity contribution in [2.24, 2.45) is 0 Å². The Morgan fingerprint density at radius 2 is 1.63 bits per heavy atom. The van der Waals surface area contributed by atoms with Gasteiger partial charge in [-0.25, -0.2) is 8.42 Å². The van der Waals surface area contributed by atoms with Gasteiger partial charge in [-0.3, -0.25) is 4.79 Å². The van der Waals surface area contributed by atoms with Crippen molar-refractivity contribution in [3.05, 3.63) is 93.2 Å². The number of sulfone groups is 1. The maximum atomic E-state index is 12.9. The van der Waals surface area contributed by atoms with E-state index < -0.39 is 9.84 Å². The van der Waals surface area contributed by atoms with E-state index in [4.69, 9.17) is 0 Å². The quantitative estimate of drug-likeness (QED) is 0.514. The zero-order chi connectivity index (χ0) is 21.7. The number of hydrogen-bond donors (Lipinski definition) is 1. The molecular weight excluding hydrogens is 414 g/mol. The highest BCUT2D eigenvalue weighted by Crippen LogP contribution is 2.28. The van der Waals surface area contributed by atoms with Crippen molar-refractivity contribution < 1.29 is 13.2 Å². The molecule has 1 aromatic heterocycles. The first-order valence-corrected chi connectivity index (χ1v) is 12.9.